The van der Waals surface area contributed by atoms with Gasteiger partial charge in [0, 0.05) is 11.8 Å². The molecule has 1 heterocycles. The Morgan fingerprint density at radius 1 is 1.60 bits per heavy atom. The zero-order valence-corrected chi connectivity index (χ0v) is 14.0. The van der Waals surface area contributed by atoms with Crippen molar-refractivity contribution in [3.63, 3.8) is 0 Å². The number of nitrogens with one attached hydrogen (secondary N) is 1. The highest BCUT2D eigenvalue weighted by molar-refractivity contribution is 8.00. The first-order valence-electron chi connectivity index (χ1n) is 7.18. The number of hydrogen-bond acceptors (Lipinski definition) is 6. The second-order valence-corrected chi connectivity index (χ2v) is 7.81. The Bertz CT molecular complexity index is 480. The monoisotopic (exact) mass is 310 g/mol. The second kappa shape index (κ2) is 6.88. The lowest BCUT2D eigenvalue weighted by Gasteiger charge is -2.32. The summed E-state index contributed by atoms with van der Waals surface area (Å²) < 4.78 is 5.24. The lowest BCUT2D eigenvalue weighted by Crippen LogP contribution is -2.50. The quantitative estimate of drug-likeness (QED) is 0.816. The summed E-state index contributed by atoms with van der Waals surface area (Å²) in [5.41, 5.74) is -0.314. The lowest BCUT2D eigenvalue weighted by atomic mass is 9.86. The zero-order valence-electron chi connectivity index (χ0n) is 12.3. The molecule has 1 saturated carbocycles. The fraction of sp³-hybridized carbons (Fsp3) is 0.786. The minimum atomic E-state index is -0.314. The molecule has 1 N–H and O–H groups in total. The Morgan fingerprint density at radius 3 is 3.00 bits per heavy atom. The van der Waals surface area contributed by atoms with Crippen LogP contribution in [0.5, 0.6) is 0 Å². The van der Waals surface area contributed by atoms with Crippen LogP contribution in [0.4, 0.5) is 0 Å². The molecule has 0 spiro atoms. The van der Waals surface area contributed by atoms with Gasteiger partial charge < -0.3 is 0 Å². The third-order valence-electron chi connectivity index (χ3n) is 3.77. The minimum Gasteiger partial charge on any atom is -0.297 e. The van der Waals surface area contributed by atoms with Crippen molar-refractivity contribution in [3.8, 4) is 6.07 Å². The van der Waals surface area contributed by atoms with Crippen molar-refractivity contribution in [1.82, 2.24) is 14.7 Å². The molecule has 1 aliphatic rings. The first-order valence-corrected chi connectivity index (χ1v) is 8.94. The van der Waals surface area contributed by atoms with E-state index < -0.39 is 0 Å². The number of rotatable bonds is 6. The molecular formula is C14H22N4S2. The maximum absolute atomic E-state index is 9.62. The summed E-state index contributed by atoms with van der Waals surface area (Å²) >= 11 is 3.24. The van der Waals surface area contributed by atoms with Crippen LogP contribution >= 0.6 is 23.3 Å². The summed E-state index contributed by atoms with van der Waals surface area (Å²) in [5.74, 6) is 2.32. The highest BCUT2D eigenvalue weighted by atomic mass is 32.2. The fourth-order valence-electron chi connectivity index (χ4n) is 2.98. The standard InChI is InChI=1S/C14H22N4S2/c1-10(2)17-14(9-15)7-4-5-12(14)6-8-19-13-16-11(3)18-20-13/h10,12,17H,4-8H2,1-3H3. The van der Waals surface area contributed by atoms with Gasteiger partial charge in [-0.25, -0.2) is 4.98 Å². The van der Waals surface area contributed by atoms with E-state index in [4.69, 9.17) is 0 Å². The van der Waals surface area contributed by atoms with Gasteiger partial charge in [-0.2, -0.15) is 9.64 Å². The first kappa shape index (κ1) is 15.7. The van der Waals surface area contributed by atoms with Crippen LogP contribution in [0.2, 0.25) is 0 Å². The molecule has 0 saturated heterocycles. The van der Waals surface area contributed by atoms with E-state index in [1.807, 2.05) is 6.92 Å². The van der Waals surface area contributed by atoms with Gasteiger partial charge in [0.2, 0.25) is 0 Å². The Balaban J connectivity index is 1.89. The molecule has 1 fully saturated rings. The second-order valence-electron chi connectivity index (χ2n) is 5.72. The van der Waals surface area contributed by atoms with Crippen molar-refractivity contribution in [1.29, 1.82) is 5.26 Å². The molecule has 0 amide bonds. The van der Waals surface area contributed by atoms with Gasteiger partial charge in [-0.15, -0.1) is 0 Å². The molecule has 4 nitrogen and oxygen atoms in total. The van der Waals surface area contributed by atoms with Crippen LogP contribution in [0, 0.1) is 24.2 Å². The van der Waals surface area contributed by atoms with Crippen molar-refractivity contribution < 1.29 is 0 Å². The van der Waals surface area contributed by atoms with E-state index in [1.54, 1.807) is 11.8 Å². The van der Waals surface area contributed by atoms with E-state index in [2.05, 4.69) is 34.6 Å². The molecule has 0 bridgehead atoms. The van der Waals surface area contributed by atoms with Gasteiger partial charge in [-0.05, 0) is 57.5 Å². The average Bonchev–Trinajstić information content (AvgIpc) is 2.97. The van der Waals surface area contributed by atoms with Crippen molar-refractivity contribution in [2.24, 2.45) is 5.92 Å². The zero-order chi connectivity index (χ0) is 14.6. The van der Waals surface area contributed by atoms with Gasteiger partial charge in [0.05, 0.1) is 6.07 Å². The van der Waals surface area contributed by atoms with Crippen LogP contribution in [-0.4, -0.2) is 26.7 Å². The van der Waals surface area contributed by atoms with E-state index in [9.17, 15) is 5.26 Å². The molecule has 6 heteroatoms. The number of aromatic nitrogens is 2. The van der Waals surface area contributed by atoms with Crippen LogP contribution < -0.4 is 5.32 Å². The van der Waals surface area contributed by atoms with Crippen molar-refractivity contribution >= 4 is 23.3 Å². The minimum absolute atomic E-state index is 0.314. The third-order valence-corrected chi connectivity index (χ3v) is 5.73. The highest BCUT2D eigenvalue weighted by Gasteiger charge is 2.42. The molecule has 0 aliphatic heterocycles. The normalized spacial score (nSPS) is 26.1. The van der Waals surface area contributed by atoms with E-state index in [1.165, 1.54) is 11.5 Å². The maximum Gasteiger partial charge on any atom is 0.170 e. The van der Waals surface area contributed by atoms with E-state index in [0.717, 1.165) is 41.6 Å². The predicted octanol–water partition coefficient (Wildman–Crippen LogP) is 3.39. The van der Waals surface area contributed by atoms with Crippen molar-refractivity contribution in [3.05, 3.63) is 5.82 Å². The maximum atomic E-state index is 9.62. The topological polar surface area (TPSA) is 61.6 Å². The molecule has 20 heavy (non-hydrogen) atoms. The molecule has 1 aliphatic carbocycles. The van der Waals surface area contributed by atoms with Gasteiger partial charge in [0.1, 0.15) is 11.4 Å². The fourth-order valence-corrected chi connectivity index (χ4v) is 4.75. The molecule has 0 radical (unpaired) electrons. The summed E-state index contributed by atoms with van der Waals surface area (Å²) in [6.07, 6.45) is 4.36. The van der Waals surface area contributed by atoms with Gasteiger partial charge in [-0.3, -0.25) is 5.32 Å². The van der Waals surface area contributed by atoms with E-state index in [0.29, 0.717) is 12.0 Å². The molecule has 2 unspecified atom stereocenters. The van der Waals surface area contributed by atoms with E-state index >= 15 is 0 Å². The van der Waals surface area contributed by atoms with Crippen LogP contribution in [-0.2, 0) is 0 Å². The number of nitrogens with zero attached hydrogens (tertiary/aromatic N) is 3. The van der Waals surface area contributed by atoms with Gasteiger partial charge >= 0.3 is 0 Å². The van der Waals surface area contributed by atoms with Crippen LogP contribution in [0.1, 0.15) is 45.4 Å². The number of hydrogen-bond donors (Lipinski definition) is 1. The predicted molar refractivity (Wildman–Crippen MR) is 83.9 cm³/mol. The summed E-state index contributed by atoms with van der Waals surface area (Å²) in [4.78, 5) is 4.37. The van der Waals surface area contributed by atoms with Crippen molar-refractivity contribution in [2.45, 2.75) is 62.4 Å². The molecule has 1 aromatic heterocycles. The Morgan fingerprint density at radius 2 is 2.40 bits per heavy atom. The van der Waals surface area contributed by atoms with Gasteiger partial charge in [0.15, 0.2) is 4.34 Å². The number of aryl methyl sites for hydroxylation is 1. The number of thioether (sulfide) groups is 1. The van der Waals surface area contributed by atoms with Crippen LogP contribution in [0.15, 0.2) is 4.34 Å². The molecular weight excluding hydrogens is 288 g/mol. The first-order chi connectivity index (χ1) is 9.55. The summed E-state index contributed by atoms with van der Waals surface area (Å²) in [6, 6.07) is 2.92. The Labute approximate surface area is 129 Å². The summed E-state index contributed by atoms with van der Waals surface area (Å²) in [7, 11) is 0. The van der Waals surface area contributed by atoms with Gasteiger partial charge in [-0.1, -0.05) is 18.2 Å². The SMILES string of the molecule is Cc1nsc(SCCC2CCCC2(C#N)NC(C)C)n1. The molecule has 2 atom stereocenters. The summed E-state index contributed by atoms with van der Waals surface area (Å²) in [6.45, 7) is 6.16. The van der Waals surface area contributed by atoms with E-state index in [-0.39, 0.29) is 5.54 Å². The molecule has 110 valence electrons. The van der Waals surface area contributed by atoms with Crippen molar-refractivity contribution in [2.75, 3.05) is 5.75 Å². The lowest BCUT2D eigenvalue weighted by molar-refractivity contribution is 0.289. The van der Waals surface area contributed by atoms with Crippen LogP contribution in [0.3, 0.4) is 0 Å². The number of nitriles is 1. The average molecular weight is 310 g/mol. The van der Waals surface area contributed by atoms with Gasteiger partial charge in [0.25, 0.3) is 0 Å². The molecule has 0 aromatic carbocycles. The largest absolute Gasteiger partial charge is 0.297 e. The molecule has 1 aromatic rings. The summed E-state index contributed by atoms with van der Waals surface area (Å²) in [5, 5.41) is 13.1. The smallest absolute Gasteiger partial charge is 0.170 e. The Kier molecular flexibility index (Phi) is 5.42. The Hall–Kier alpha value is -0.640. The highest BCUT2D eigenvalue weighted by Crippen LogP contribution is 2.39. The van der Waals surface area contributed by atoms with Crippen LogP contribution in [0.25, 0.3) is 0 Å². The third kappa shape index (κ3) is 3.72. The molecule has 2 rings (SSSR count).